The molecule has 1 fully saturated rings. The van der Waals surface area contributed by atoms with Crippen LogP contribution in [-0.2, 0) is 0 Å². The Kier molecular flexibility index (Phi) is 4.24. The normalized spacial score (nSPS) is 17.7. The van der Waals surface area contributed by atoms with Crippen LogP contribution in [0.25, 0.3) is 0 Å². The van der Waals surface area contributed by atoms with Crippen molar-refractivity contribution in [3.8, 4) is 0 Å². The minimum atomic E-state index is -0.276. The number of hydrogen-bond donors (Lipinski definition) is 3. The van der Waals surface area contributed by atoms with E-state index in [-0.39, 0.29) is 12.1 Å². The van der Waals surface area contributed by atoms with Crippen molar-refractivity contribution in [2.75, 3.05) is 23.8 Å². The van der Waals surface area contributed by atoms with Crippen molar-refractivity contribution in [2.45, 2.75) is 38.1 Å². The molecule has 0 spiro atoms. The highest BCUT2D eigenvalue weighted by Gasteiger charge is 2.33. The molecule has 0 aromatic carbocycles. The van der Waals surface area contributed by atoms with Crippen molar-refractivity contribution in [3.63, 3.8) is 0 Å². The Morgan fingerprint density at radius 1 is 1.44 bits per heavy atom. The van der Waals surface area contributed by atoms with Crippen molar-refractivity contribution in [1.82, 2.24) is 9.97 Å². The predicted molar refractivity (Wildman–Crippen MR) is 73.1 cm³/mol. The lowest BCUT2D eigenvalue weighted by Crippen LogP contribution is -2.39. The first-order valence-electron chi connectivity index (χ1n) is 6.34. The van der Waals surface area contributed by atoms with E-state index in [4.69, 9.17) is 11.6 Å². The second-order valence-corrected chi connectivity index (χ2v) is 5.10. The number of anilines is 2. The molecule has 1 aromatic heterocycles. The van der Waals surface area contributed by atoms with Crippen LogP contribution in [0.3, 0.4) is 0 Å². The highest BCUT2D eigenvalue weighted by molar-refractivity contribution is 6.32. The second kappa shape index (κ2) is 5.71. The lowest BCUT2D eigenvalue weighted by Gasteiger charge is -2.29. The lowest BCUT2D eigenvalue weighted by atomic mass is 9.99. The molecule has 1 heterocycles. The number of rotatable bonds is 5. The van der Waals surface area contributed by atoms with E-state index in [1.807, 2.05) is 6.92 Å². The molecular formula is C12H19ClN4O. The molecule has 1 aromatic rings. The van der Waals surface area contributed by atoms with E-state index < -0.39 is 0 Å². The van der Waals surface area contributed by atoms with Crippen molar-refractivity contribution in [1.29, 1.82) is 0 Å². The van der Waals surface area contributed by atoms with Crippen LogP contribution in [0.1, 0.15) is 32.6 Å². The van der Waals surface area contributed by atoms with Gasteiger partial charge in [-0.1, -0.05) is 24.4 Å². The van der Waals surface area contributed by atoms with Crippen molar-refractivity contribution >= 4 is 23.4 Å². The van der Waals surface area contributed by atoms with Gasteiger partial charge in [0.15, 0.2) is 5.82 Å². The molecule has 6 heteroatoms. The summed E-state index contributed by atoms with van der Waals surface area (Å²) in [5.74, 6) is 1.15. The van der Waals surface area contributed by atoms with Crippen LogP contribution in [0.2, 0.25) is 5.02 Å². The summed E-state index contributed by atoms with van der Waals surface area (Å²) in [4.78, 5) is 8.44. The largest absolute Gasteiger partial charge is 0.394 e. The van der Waals surface area contributed by atoms with Gasteiger partial charge in [-0.2, -0.15) is 4.98 Å². The maximum Gasteiger partial charge on any atom is 0.224 e. The summed E-state index contributed by atoms with van der Waals surface area (Å²) in [5.41, 5.74) is -0.276. The molecule has 2 rings (SSSR count). The third-order valence-corrected chi connectivity index (χ3v) is 3.60. The summed E-state index contributed by atoms with van der Waals surface area (Å²) in [6, 6.07) is 0. The zero-order chi connectivity index (χ0) is 13.0. The Hall–Kier alpha value is -1.07. The van der Waals surface area contributed by atoms with Crippen molar-refractivity contribution in [2.24, 2.45) is 0 Å². The number of nitrogens with zero attached hydrogens (tertiary/aromatic N) is 2. The maximum absolute atomic E-state index is 9.58. The fourth-order valence-electron chi connectivity index (χ4n) is 2.32. The van der Waals surface area contributed by atoms with Crippen LogP contribution in [0, 0.1) is 0 Å². The zero-order valence-corrected chi connectivity index (χ0v) is 11.3. The summed E-state index contributed by atoms with van der Waals surface area (Å²) in [7, 11) is 0. The summed E-state index contributed by atoms with van der Waals surface area (Å²) in [5, 5.41) is 16.4. The van der Waals surface area contributed by atoms with Gasteiger partial charge in [0.1, 0.15) is 5.02 Å². The first kappa shape index (κ1) is 13.4. The topological polar surface area (TPSA) is 70.1 Å². The van der Waals surface area contributed by atoms with E-state index in [0.717, 1.165) is 32.2 Å². The third-order valence-electron chi connectivity index (χ3n) is 3.33. The molecule has 1 aliphatic carbocycles. The van der Waals surface area contributed by atoms with Gasteiger partial charge >= 0.3 is 0 Å². The second-order valence-electron chi connectivity index (χ2n) is 4.69. The van der Waals surface area contributed by atoms with Crippen LogP contribution in [0.5, 0.6) is 0 Å². The van der Waals surface area contributed by atoms with Gasteiger partial charge in [-0.05, 0) is 19.8 Å². The summed E-state index contributed by atoms with van der Waals surface area (Å²) < 4.78 is 0. The number of aliphatic hydroxyl groups excluding tert-OH is 1. The van der Waals surface area contributed by atoms with Gasteiger partial charge in [-0.25, -0.2) is 4.98 Å². The van der Waals surface area contributed by atoms with Gasteiger partial charge in [0.05, 0.1) is 18.3 Å². The number of hydrogen-bond acceptors (Lipinski definition) is 5. The molecule has 0 aliphatic heterocycles. The summed E-state index contributed by atoms with van der Waals surface area (Å²) >= 11 is 6.10. The molecule has 0 unspecified atom stereocenters. The van der Waals surface area contributed by atoms with Gasteiger partial charge in [0.25, 0.3) is 0 Å². The SMILES string of the molecule is CCNc1ncc(Cl)c(NC2(CO)CCCC2)n1. The average molecular weight is 271 g/mol. The molecule has 3 N–H and O–H groups in total. The van der Waals surface area contributed by atoms with E-state index in [9.17, 15) is 5.11 Å². The molecule has 18 heavy (non-hydrogen) atoms. The number of halogens is 1. The van der Waals surface area contributed by atoms with Crippen LogP contribution in [0.15, 0.2) is 6.20 Å². The number of nitrogens with one attached hydrogen (secondary N) is 2. The Morgan fingerprint density at radius 2 is 2.17 bits per heavy atom. The summed E-state index contributed by atoms with van der Waals surface area (Å²) in [6.07, 6.45) is 5.71. The quantitative estimate of drug-likeness (QED) is 0.766. The molecule has 0 bridgehead atoms. The van der Waals surface area contributed by atoms with E-state index in [2.05, 4.69) is 20.6 Å². The Balaban J connectivity index is 2.19. The fourth-order valence-corrected chi connectivity index (χ4v) is 2.46. The van der Waals surface area contributed by atoms with Gasteiger partial charge in [0, 0.05) is 6.54 Å². The Bertz CT molecular complexity index is 407. The fraction of sp³-hybridized carbons (Fsp3) is 0.667. The minimum Gasteiger partial charge on any atom is -0.394 e. The van der Waals surface area contributed by atoms with Crippen molar-refractivity contribution in [3.05, 3.63) is 11.2 Å². The Labute approximate surface area is 112 Å². The predicted octanol–water partition coefficient (Wildman–Crippen LogP) is 2.28. The molecular weight excluding hydrogens is 252 g/mol. The highest BCUT2D eigenvalue weighted by Crippen LogP contribution is 2.34. The van der Waals surface area contributed by atoms with Gasteiger partial charge in [-0.15, -0.1) is 0 Å². The van der Waals surface area contributed by atoms with E-state index in [1.54, 1.807) is 6.20 Å². The van der Waals surface area contributed by atoms with Gasteiger partial charge in [-0.3, -0.25) is 0 Å². The van der Waals surface area contributed by atoms with Crippen LogP contribution in [0.4, 0.5) is 11.8 Å². The monoisotopic (exact) mass is 270 g/mol. The minimum absolute atomic E-state index is 0.101. The third kappa shape index (κ3) is 2.84. The molecule has 0 radical (unpaired) electrons. The first-order valence-corrected chi connectivity index (χ1v) is 6.72. The van der Waals surface area contributed by atoms with Crippen molar-refractivity contribution < 1.29 is 5.11 Å². The smallest absolute Gasteiger partial charge is 0.224 e. The van der Waals surface area contributed by atoms with Crippen LogP contribution >= 0.6 is 11.6 Å². The molecule has 0 saturated heterocycles. The van der Waals surface area contributed by atoms with Crippen LogP contribution in [-0.4, -0.2) is 33.8 Å². The standard InChI is InChI=1S/C12H19ClN4O/c1-2-14-11-15-7-9(13)10(16-11)17-12(8-18)5-3-4-6-12/h7,18H,2-6,8H2,1H3,(H2,14,15,16,17). The lowest BCUT2D eigenvalue weighted by molar-refractivity contribution is 0.214. The molecule has 5 nitrogen and oxygen atoms in total. The van der Waals surface area contributed by atoms with Gasteiger partial charge in [0.2, 0.25) is 5.95 Å². The Morgan fingerprint density at radius 3 is 2.78 bits per heavy atom. The summed E-state index contributed by atoms with van der Waals surface area (Å²) in [6.45, 7) is 2.84. The molecule has 0 atom stereocenters. The van der Waals surface area contributed by atoms with E-state index in [0.29, 0.717) is 16.8 Å². The molecule has 100 valence electrons. The molecule has 1 saturated carbocycles. The first-order chi connectivity index (χ1) is 8.69. The van der Waals surface area contributed by atoms with Gasteiger partial charge < -0.3 is 15.7 Å². The molecule has 1 aliphatic rings. The van der Waals surface area contributed by atoms with E-state index in [1.165, 1.54) is 0 Å². The number of aliphatic hydroxyl groups is 1. The highest BCUT2D eigenvalue weighted by atomic mass is 35.5. The zero-order valence-electron chi connectivity index (χ0n) is 10.5. The van der Waals surface area contributed by atoms with E-state index >= 15 is 0 Å². The maximum atomic E-state index is 9.58. The number of aromatic nitrogens is 2. The average Bonchev–Trinajstić information content (AvgIpc) is 2.83. The molecule has 0 amide bonds. The van der Waals surface area contributed by atoms with Crippen LogP contribution < -0.4 is 10.6 Å².